The fourth-order valence-electron chi connectivity index (χ4n) is 5.93. The quantitative estimate of drug-likeness (QED) is 0.629. The minimum atomic E-state index is -4.62. The topological polar surface area (TPSA) is 72.3 Å². The Morgan fingerprint density at radius 2 is 1.86 bits per heavy atom. The van der Waals surface area contributed by atoms with Gasteiger partial charge >= 0.3 is 12.4 Å². The van der Waals surface area contributed by atoms with E-state index in [0.717, 1.165) is 0 Å². The summed E-state index contributed by atoms with van der Waals surface area (Å²) < 4.78 is 80.9. The second-order valence-corrected chi connectivity index (χ2v) is 9.98. The van der Waals surface area contributed by atoms with Gasteiger partial charge in [-0.2, -0.15) is 31.6 Å². The summed E-state index contributed by atoms with van der Waals surface area (Å²) in [5.41, 5.74) is -2.72. The Labute approximate surface area is 202 Å². The van der Waals surface area contributed by atoms with E-state index in [4.69, 9.17) is 0 Å². The van der Waals surface area contributed by atoms with Gasteiger partial charge in [-0.25, -0.2) is 0 Å². The molecule has 2 aromatic rings. The molecule has 12 heteroatoms. The van der Waals surface area contributed by atoms with Gasteiger partial charge in [-0.1, -0.05) is 0 Å². The molecule has 1 saturated carbocycles. The average molecular weight is 511 g/mol. The summed E-state index contributed by atoms with van der Waals surface area (Å²) in [5, 5.41) is 12.6. The highest BCUT2D eigenvalue weighted by Gasteiger charge is 2.86. The van der Waals surface area contributed by atoms with Gasteiger partial charge in [-0.05, 0) is 43.5 Å². The van der Waals surface area contributed by atoms with Crippen molar-refractivity contribution in [2.24, 2.45) is 10.8 Å². The van der Waals surface area contributed by atoms with Crippen LogP contribution in [0.2, 0.25) is 0 Å². The molecule has 1 amide bonds. The van der Waals surface area contributed by atoms with Crippen LogP contribution in [-0.2, 0) is 4.79 Å². The molecule has 192 valence electrons. The number of alkyl halides is 6. The fourth-order valence-corrected chi connectivity index (χ4v) is 5.93. The Morgan fingerprint density at radius 3 is 2.50 bits per heavy atom. The Kier molecular flexibility index (Phi) is 5.63. The summed E-state index contributed by atoms with van der Waals surface area (Å²) in [4.78, 5) is 20.3. The third-order valence-corrected chi connectivity index (χ3v) is 7.83. The van der Waals surface area contributed by atoms with Gasteiger partial charge in [0.05, 0.1) is 23.0 Å². The predicted octanol–water partition coefficient (Wildman–Crippen LogP) is 4.01. The number of piperidine rings is 2. The van der Waals surface area contributed by atoms with E-state index in [0.29, 0.717) is 22.2 Å². The van der Waals surface area contributed by atoms with Gasteiger partial charge in [0.1, 0.15) is 11.5 Å². The molecule has 1 N–H and O–H groups in total. The normalized spacial score (nSPS) is 27.1. The molecular weight excluding hydrogens is 488 g/mol. The van der Waals surface area contributed by atoms with Gasteiger partial charge in [0.25, 0.3) is 0 Å². The van der Waals surface area contributed by atoms with Crippen LogP contribution in [0, 0.1) is 22.2 Å². The van der Waals surface area contributed by atoms with Crippen molar-refractivity contribution in [1.82, 2.24) is 15.2 Å². The molecule has 0 bridgehead atoms. The van der Waals surface area contributed by atoms with Crippen molar-refractivity contribution < 1.29 is 31.1 Å². The van der Waals surface area contributed by atoms with Crippen LogP contribution in [0.25, 0.3) is 10.9 Å². The minimum Gasteiger partial charge on any atom is -0.369 e. The van der Waals surface area contributed by atoms with Crippen molar-refractivity contribution in [3.05, 3.63) is 36.0 Å². The third kappa shape index (κ3) is 3.93. The summed E-state index contributed by atoms with van der Waals surface area (Å²) in [6.45, 7) is -1.38. The first-order chi connectivity index (χ1) is 16.9. The number of halogens is 6. The minimum absolute atomic E-state index is 0.109. The molecule has 3 aliphatic rings. The van der Waals surface area contributed by atoms with Crippen LogP contribution >= 0.6 is 0 Å². The van der Waals surface area contributed by atoms with E-state index in [2.05, 4.69) is 10.3 Å². The highest BCUT2D eigenvalue weighted by molar-refractivity contribution is 5.97. The summed E-state index contributed by atoms with van der Waals surface area (Å²) in [7, 11) is 0. The zero-order chi connectivity index (χ0) is 25.9. The number of nitrogens with one attached hydrogen (secondary N) is 1. The molecule has 3 heterocycles. The predicted molar refractivity (Wildman–Crippen MR) is 118 cm³/mol. The van der Waals surface area contributed by atoms with E-state index in [-0.39, 0.29) is 38.9 Å². The highest BCUT2D eigenvalue weighted by atomic mass is 19.4. The Hall–Kier alpha value is -3.07. The van der Waals surface area contributed by atoms with Crippen molar-refractivity contribution >= 4 is 22.5 Å². The van der Waals surface area contributed by atoms with E-state index in [9.17, 15) is 36.4 Å². The molecule has 0 spiro atoms. The number of hydrogen-bond acceptors (Lipinski definition) is 5. The van der Waals surface area contributed by atoms with Crippen LogP contribution in [0.1, 0.15) is 24.8 Å². The molecule has 5 rings (SSSR count). The van der Waals surface area contributed by atoms with Crippen molar-refractivity contribution in [3.8, 4) is 6.07 Å². The zero-order valence-corrected chi connectivity index (χ0v) is 19.1. The number of fused-ring (bicyclic) bond motifs is 2. The van der Waals surface area contributed by atoms with E-state index >= 15 is 0 Å². The van der Waals surface area contributed by atoms with Gasteiger partial charge < -0.3 is 10.2 Å². The lowest BCUT2D eigenvalue weighted by Gasteiger charge is -2.33. The van der Waals surface area contributed by atoms with E-state index in [1.807, 2.05) is 6.07 Å². The van der Waals surface area contributed by atoms with E-state index in [1.165, 1.54) is 22.1 Å². The SMILES string of the molecule is N#Cc1ccc(N2C[C@]3(C(=O)NC4CCN(CC(F)(F)F)CC4)C[C@]3(C(F)(F)F)C2)c2cccnc12. The fraction of sp³-hybridized carbons (Fsp3) is 0.542. The first-order valence-corrected chi connectivity index (χ1v) is 11.6. The van der Waals surface area contributed by atoms with Gasteiger partial charge in [-0.15, -0.1) is 0 Å². The van der Waals surface area contributed by atoms with Crippen LogP contribution in [0.3, 0.4) is 0 Å². The number of aromatic nitrogens is 1. The molecule has 1 aromatic heterocycles. The summed E-state index contributed by atoms with van der Waals surface area (Å²) in [5.74, 6) is -0.701. The number of carbonyl (C=O) groups is 1. The average Bonchev–Trinajstić information content (AvgIpc) is 3.36. The molecule has 1 aliphatic carbocycles. The standard InChI is InChI=1S/C24H23F6N5O/c25-23(26,27)14-34-8-5-16(6-9-34)33-20(36)21-11-22(21,24(28,29)30)13-35(12-21)18-4-3-15(10-31)19-17(18)2-1-7-32-19/h1-4,7,16H,5-6,8-9,11-14H2,(H,33,36)/t21-,22-/m0/s1. The number of amides is 1. The smallest absolute Gasteiger partial charge is 0.369 e. The number of benzene rings is 1. The maximum atomic E-state index is 14.3. The Balaban J connectivity index is 1.36. The first-order valence-electron chi connectivity index (χ1n) is 11.6. The summed E-state index contributed by atoms with van der Waals surface area (Å²) in [6, 6.07) is 7.97. The van der Waals surface area contributed by atoms with Crippen LogP contribution in [0.4, 0.5) is 32.0 Å². The van der Waals surface area contributed by atoms with Crippen LogP contribution < -0.4 is 10.2 Å². The lowest BCUT2D eigenvalue weighted by Crippen LogP contribution is -2.50. The molecule has 2 aliphatic heterocycles. The zero-order valence-electron chi connectivity index (χ0n) is 19.1. The maximum Gasteiger partial charge on any atom is 0.401 e. The summed E-state index contributed by atoms with van der Waals surface area (Å²) in [6.07, 6.45) is -7.28. The number of rotatable bonds is 4. The van der Waals surface area contributed by atoms with Crippen LogP contribution in [0.5, 0.6) is 0 Å². The number of hydrogen-bond donors (Lipinski definition) is 1. The Morgan fingerprint density at radius 1 is 1.14 bits per heavy atom. The lowest BCUT2D eigenvalue weighted by molar-refractivity contribution is -0.191. The van der Waals surface area contributed by atoms with Crippen molar-refractivity contribution in [1.29, 1.82) is 5.26 Å². The number of pyridine rings is 1. The van der Waals surface area contributed by atoms with Crippen LogP contribution in [0.15, 0.2) is 30.5 Å². The molecular formula is C24H23F6N5O. The number of anilines is 1. The molecule has 36 heavy (non-hydrogen) atoms. The van der Waals surface area contributed by atoms with Gasteiger partial charge in [0.2, 0.25) is 5.91 Å². The lowest BCUT2D eigenvalue weighted by atomic mass is 9.93. The van der Waals surface area contributed by atoms with Gasteiger partial charge in [0.15, 0.2) is 0 Å². The van der Waals surface area contributed by atoms with Crippen molar-refractivity contribution in [3.63, 3.8) is 0 Å². The highest BCUT2D eigenvalue weighted by Crippen LogP contribution is 2.75. The van der Waals surface area contributed by atoms with Crippen molar-refractivity contribution in [2.75, 3.05) is 37.6 Å². The number of carbonyl (C=O) groups excluding carboxylic acids is 1. The molecule has 0 radical (unpaired) electrons. The third-order valence-electron chi connectivity index (χ3n) is 7.83. The second kappa shape index (κ2) is 8.23. The van der Waals surface area contributed by atoms with E-state index < -0.39 is 48.2 Å². The second-order valence-electron chi connectivity index (χ2n) is 9.98. The molecule has 2 saturated heterocycles. The number of likely N-dealkylation sites (tertiary alicyclic amines) is 1. The largest absolute Gasteiger partial charge is 0.401 e. The number of nitriles is 1. The Bertz CT molecular complexity index is 1230. The monoisotopic (exact) mass is 511 g/mol. The van der Waals surface area contributed by atoms with Crippen LogP contribution in [-0.4, -0.2) is 66.9 Å². The van der Waals surface area contributed by atoms with Crippen molar-refractivity contribution in [2.45, 2.75) is 37.7 Å². The molecule has 2 atom stereocenters. The van der Waals surface area contributed by atoms with E-state index in [1.54, 1.807) is 18.2 Å². The van der Waals surface area contributed by atoms with Gasteiger partial charge in [0, 0.05) is 49.5 Å². The molecule has 1 aromatic carbocycles. The summed E-state index contributed by atoms with van der Waals surface area (Å²) >= 11 is 0. The molecule has 0 unspecified atom stereocenters. The number of nitrogens with zero attached hydrogens (tertiary/aromatic N) is 4. The molecule has 6 nitrogen and oxygen atoms in total. The molecule has 3 fully saturated rings. The first kappa shape index (κ1) is 24.6. The van der Waals surface area contributed by atoms with Gasteiger partial charge in [-0.3, -0.25) is 14.7 Å². The maximum absolute atomic E-state index is 14.3.